The molecule has 0 aromatic rings. The Hall–Kier alpha value is -0.120. The third kappa shape index (κ3) is 47.6. The minimum Gasteiger partial charge on any atom is -0.387 e. The van der Waals surface area contributed by atoms with Crippen molar-refractivity contribution in [3.8, 4) is 0 Å². The fourth-order valence-electron chi connectivity index (χ4n) is 11.8. The Kier molecular flexibility index (Phi) is 56.5. The third-order valence-electron chi connectivity index (χ3n) is 16.9. The van der Waals surface area contributed by atoms with Crippen molar-refractivity contribution < 1.29 is 15.3 Å². The van der Waals surface area contributed by atoms with Gasteiger partial charge in [-0.2, -0.15) is 0 Å². The first kappa shape index (κ1) is 69.9. The summed E-state index contributed by atoms with van der Waals surface area (Å²) in [7, 11) is 0. The van der Waals surface area contributed by atoms with Crippen LogP contribution >= 0.6 is 0 Å². The lowest BCUT2D eigenvalue weighted by Gasteiger charge is -2.43. The van der Waals surface area contributed by atoms with Crippen molar-refractivity contribution in [1.29, 1.82) is 0 Å². The van der Waals surface area contributed by atoms with Crippen LogP contribution in [-0.2, 0) is 0 Å². The molecular weight excluding hydrogens is 853 g/mol. The topological polar surface area (TPSA) is 60.7 Å². The standard InChI is InChI=1S/C67H136O3/c1-5-9-13-17-21-25-29-33-37-41-45-49-53-57-61-66(69,62-58-54-50-46-42-38-34-30-26-22-18-14-10-6-2)65(68)67(70,63-59-55-51-47-43-39-35-31-27-23-19-15-11-7-3)64-60-56-52-48-44-40-36-32-28-24-20-16-12-8-4/h65,68-70H,5-64H2,1-4H3. The van der Waals surface area contributed by atoms with E-state index in [0.29, 0.717) is 25.7 Å². The number of aliphatic hydroxyl groups is 3. The molecule has 0 radical (unpaired) electrons. The van der Waals surface area contributed by atoms with Crippen LogP contribution in [0.25, 0.3) is 0 Å². The van der Waals surface area contributed by atoms with Crippen LogP contribution in [0, 0.1) is 0 Å². The molecule has 0 fully saturated rings. The second-order valence-electron chi connectivity index (χ2n) is 24.0. The first-order chi connectivity index (χ1) is 34.4. The van der Waals surface area contributed by atoms with E-state index >= 15 is 0 Å². The summed E-state index contributed by atoms with van der Waals surface area (Å²) in [5.41, 5.74) is -2.40. The molecule has 422 valence electrons. The first-order valence-electron chi connectivity index (χ1n) is 33.5. The van der Waals surface area contributed by atoms with Gasteiger partial charge in [0.15, 0.2) is 0 Å². The zero-order valence-corrected chi connectivity index (χ0v) is 49.3. The Bertz CT molecular complexity index is 810. The number of unbranched alkanes of at least 4 members (excludes halogenated alkanes) is 52. The van der Waals surface area contributed by atoms with E-state index in [1.807, 2.05) is 0 Å². The molecule has 0 saturated heterocycles. The molecule has 0 aliphatic heterocycles. The Balaban J connectivity index is 5.25. The van der Waals surface area contributed by atoms with Crippen LogP contribution in [0.15, 0.2) is 0 Å². The molecule has 70 heavy (non-hydrogen) atoms. The van der Waals surface area contributed by atoms with Gasteiger partial charge in [-0.3, -0.25) is 0 Å². The van der Waals surface area contributed by atoms with Crippen molar-refractivity contribution in [1.82, 2.24) is 0 Å². The maximum absolute atomic E-state index is 12.6. The van der Waals surface area contributed by atoms with E-state index in [9.17, 15) is 15.3 Å². The van der Waals surface area contributed by atoms with E-state index in [4.69, 9.17) is 0 Å². The zero-order valence-electron chi connectivity index (χ0n) is 49.3. The summed E-state index contributed by atoms with van der Waals surface area (Å²) < 4.78 is 0. The summed E-state index contributed by atoms with van der Waals surface area (Å²) in [5, 5.41) is 37.6. The fourth-order valence-corrected chi connectivity index (χ4v) is 11.8. The van der Waals surface area contributed by atoms with Gasteiger partial charge in [-0.05, 0) is 25.7 Å². The van der Waals surface area contributed by atoms with Gasteiger partial charge in [0, 0.05) is 0 Å². The highest BCUT2D eigenvalue weighted by atomic mass is 16.4. The Morgan fingerprint density at radius 1 is 0.186 bits per heavy atom. The number of hydrogen-bond acceptors (Lipinski definition) is 3. The van der Waals surface area contributed by atoms with Gasteiger partial charge in [-0.1, -0.05) is 387 Å². The van der Waals surface area contributed by atoms with Crippen LogP contribution in [0.4, 0.5) is 0 Å². The van der Waals surface area contributed by atoms with Crippen molar-refractivity contribution in [2.45, 2.75) is 430 Å². The molecule has 0 aromatic carbocycles. The molecule has 0 bridgehead atoms. The first-order valence-corrected chi connectivity index (χ1v) is 33.5. The highest BCUT2D eigenvalue weighted by Crippen LogP contribution is 2.38. The summed E-state index contributed by atoms with van der Waals surface area (Å²) in [6.45, 7) is 9.20. The molecule has 0 aromatic heterocycles. The van der Waals surface area contributed by atoms with Crippen molar-refractivity contribution >= 4 is 0 Å². The van der Waals surface area contributed by atoms with E-state index < -0.39 is 17.3 Å². The lowest BCUT2D eigenvalue weighted by molar-refractivity contribution is -0.186. The Morgan fingerprint density at radius 3 is 0.400 bits per heavy atom. The summed E-state index contributed by atoms with van der Waals surface area (Å²) in [6.07, 6.45) is 75.4. The SMILES string of the molecule is CCCCCCCCCCCCCCCCC(O)(CCCCCCCCCCCCCCCC)C(O)C(O)(CCCCCCCCCCCCCCCC)CCCCCCCCCCCCCCCC. The lowest BCUT2D eigenvalue weighted by Crippen LogP contribution is -2.56. The van der Waals surface area contributed by atoms with Crippen LogP contribution in [-0.4, -0.2) is 32.6 Å². The van der Waals surface area contributed by atoms with Gasteiger partial charge in [-0.15, -0.1) is 0 Å². The number of rotatable bonds is 62. The molecule has 0 saturated carbocycles. The van der Waals surface area contributed by atoms with Crippen molar-refractivity contribution in [2.75, 3.05) is 0 Å². The molecule has 0 unspecified atom stereocenters. The fraction of sp³-hybridized carbons (Fsp3) is 1.00. The normalized spacial score (nSPS) is 12.3. The van der Waals surface area contributed by atoms with Gasteiger partial charge in [0.2, 0.25) is 0 Å². The van der Waals surface area contributed by atoms with Gasteiger partial charge in [-0.25, -0.2) is 0 Å². The van der Waals surface area contributed by atoms with E-state index in [1.54, 1.807) is 0 Å². The monoisotopic (exact) mass is 989 g/mol. The summed E-state index contributed by atoms with van der Waals surface area (Å²) in [5.74, 6) is 0. The van der Waals surface area contributed by atoms with E-state index in [0.717, 1.165) is 51.4 Å². The predicted molar refractivity (Wildman–Crippen MR) is 316 cm³/mol. The van der Waals surface area contributed by atoms with Crippen molar-refractivity contribution in [3.63, 3.8) is 0 Å². The van der Waals surface area contributed by atoms with Crippen LogP contribution < -0.4 is 0 Å². The minimum atomic E-state index is -1.20. The molecule has 3 heteroatoms. The van der Waals surface area contributed by atoms with Crippen molar-refractivity contribution in [3.05, 3.63) is 0 Å². The average molecular weight is 990 g/mol. The van der Waals surface area contributed by atoms with Gasteiger partial charge in [0.25, 0.3) is 0 Å². The second-order valence-corrected chi connectivity index (χ2v) is 24.0. The molecule has 0 rings (SSSR count). The van der Waals surface area contributed by atoms with Gasteiger partial charge in [0.1, 0.15) is 6.10 Å². The second kappa shape index (κ2) is 56.6. The quantitative estimate of drug-likeness (QED) is 0.0532. The summed E-state index contributed by atoms with van der Waals surface area (Å²) >= 11 is 0. The smallest absolute Gasteiger partial charge is 0.111 e. The molecule has 0 aliphatic rings. The van der Waals surface area contributed by atoms with E-state index in [-0.39, 0.29) is 0 Å². The average Bonchev–Trinajstić information content (AvgIpc) is 3.36. The molecule has 0 amide bonds. The molecule has 3 nitrogen and oxygen atoms in total. The lowest BCUT2D eigenvalue weighted by atomic mass is 9.73. The molecule has 3 N–H and O–H groups in total. The maximum Gasteiger partial charge on any atom is 0.111 e. The van der Waals surface area contributed by atoms with Crippen LogP contribution in [0.3, 0.4) is 0 Å². The van der Waals surface area contributed by atoms with Crippen LogP contribution in [0.1, 0.15) is 413 Å². The molecule has 0 atom stereocenters. The Morgan fingerprint density at radius 2 is 0.286 bits per heavy atom. The van der Waals surface area contributed by atoms with Crippen LogP contribution in [0.2, 0.25) is 0 Å². The number of hydrogen-bond donors (Lipinski definition) is 3. The largest absolute Gasteiger partial charge is 0.387 e. The molecule has 0 spiro atoms. The van der Waals surface area contributed by atoms with E-state index in [1.165, 1.54) is 308 Å². The summed E-state index contributed by atoms with van der Waals surface area (Å²) in [6, 6.07) is 0. The minimum absolute atomic E-state index is 0.629. The van der Waals surface area contributed by atoms with E-state index in [2.05, 4.69) is 27.7 Å². The molecule has 0 aliphatic carbocycles. The van der Waals surface area contributed by atoms with Gasteiger partial charge in [0.05, 0.1) is 11.2 Å². The zero-order chi connectivity index (χ0) is 51.0. The summed E-state index contributed by atoms with van der Waals surface area (Å²) in [4.78, 5) is 0. The maximum atomic E-state index is 12.6. The van der Waals surface area contributed by atoms with Gasteiger partial charge < -0.3 is 15.3 Å². The number of aliphatic hydroxyl groups excluding tert-OH is 1. The molecule has 0 heterocycles. The predicted octanol–water partition coefficient (Wildman–Crippen LogP) is 23.3. The highest BCUT2D eigenvalue weighted by molar-refractivity contribution is 4.99. The van der Waals surface area contributed by atoms with Crippen LogP contribution in [0.5, 0.6) is 0 Å². The highest BCUT2D eigenvalue weighted by Gasteiger charge is 2.47. The Labute approximate surface area is 443 Å². The van der Waals surface area contributed by atoms with Crippen molar-refractivity contribution in [2.24, 2.45) is 0 Å². The van der Waals surface area contributed by atoms with Gasteiger partial charge >= 0.3 is 0 Å². The molecular formula is C67H136O3. The third-order valence-corrected chi connectivity index (χ3v) is 16.9.